The van der Waals surface area contributed by atoms with Crippen LogP contribution in [0.1, 0.15) is 103 Å². The number of hydrogen-bond donors (Lipinski definition) is 2. The van der Waals surface area contributed by atoms with Crippen LogP contribution in [0.25, 0.3) is 0 Å². The zero-order valence-electron chi connectivity index (χ0n) is 16.3. The molecule has 150 valence electrons. The third-order valence-electron chi connectivity index (χ3n) is 8.07. The molecule has 4 saturated carbocycles. The van der Waals surface area contributed by atoms with Gasteiger partial charge in [-0.15, -0.1) is 0 Å². The first-order valence-corrected chi connectivity index (χ1v) is 11.3. The summed E-state index contributed by atoms with van der Waals surface area (Å²) in [5, 5.41) is 20.2. The second-order valence-electron chi connectivity index (χ2n) is 9.75. The normalized spacial score (nSPS) is 39.9. The Labute approximate surface area is 158 Å². The Morgan fingerprint density at radius 3 is 1.23 bits per heavy atom. The minimum Gasteiger partial charge on any atom is -0.393 e. The van der Waals surface area contributed by atoms with Crippen LogP contribution in [-0.2, 0) is 9.78 Å². The van der Waals surface area contributed by atoms with Gasteiger partial charge in [-0.05, 0) is 76.0 Å². The molecule has 26 heavy (non-hydrogen) atoms. The van der Waals surface area contributed by atoms with E-state index in [1.54, 1.807) is 0 Å². The summed E-state index contributed by atoms with van der Waals surface area (Å²) in [5.41, 5.74) is -0.366. The average molecular weight is 367 g/mol. The van der Waals surface area contributed by atoms with E-state index in [9.17, 15) is 10.2 Å². The Hall–Kier alpha value is -0.160. The standard InChI is InChI=1S/C22H38O4/c23-19-9-7-17(15-19)21(11-3-1-4-12-21)25-26-22(13-5-2-6-14-22)18-8-10-20(24)16-18/h17-20,23-24H,1-16H2. The van der Waals surface area contributed by atoms with Gasteiger partial charge in [-0.3, -0.25) is 0 Å². The number of aliphatic hydroxyl groups is 2. The van der Waals surface area contributed by atoms with Gasteiger partial charge in [0.05, 0.1) is 12.2 Å². The second kappa shape index (κ2) is 8.06. The van der Waals surface area contributed by atoms with Crippen molar-refractivity contribution >= 4 is 0 Å². The van der Waals surface area contributed by atoms with Crippen molar-refractivity contribution in [2.24, 2.45) is 11.8 Å². The van der Waals surface area contributed by atoms with Crippen molar-refractivity contribution < 1.29 is 20.0 Å². The van der Waals surface area contributed by atoms with E-state index in [-0.39, 0.29) is 23.4 Å². The van der Waals surface area contributed by atoms with Crippen molar-refractivity contribution in [1.82, 2.24) is 0 Å². The Bertz CT molecular complexity index is 411. The Morgan fingerprint density at radius 2 is 0.923 bits per heavy atom. The van der Waals surface area contributed by atoms with Crippen molar-refractivity contribution in [3.05, 3.63) is 0 Å². The summed E-state index contributed by atoms with van der Waals surface area (Å²) in [6.07, 6.45) is 17.1. The number of aliphatic hydroxyl groups excluding tert-OH is 2. The van der Waals surface area contributed by atoms with Gasteiger partial charge in [0, 0.05) is 0 Å². The molecule has 0 aromatic carbocycles. The fraction of sp³-hybridized carbons (Fsp3) is 1.00. The molecule has 4 unspecified atom stereocenters. The van der Waals surface area contributed by atoms with Gasteiger partial charge in [-0.25, -0.2) is 9.78 Å². The zero-order chi connectivity index (χ0) is 18.0. The molecule has 4 rings (SSSR count). The topological polar surface area (TPSA) is 58.9 Å². The van der Waals surface area contributed by atoms with Gasteiger partial charge in [0.1, 0.15) is 11.2 Å². The highest BCUT2D eigenvalue weighted by Crippen LogP contribution is 2.50. The van der Waals surface area contributed by atoms with Crippen molar-refractivity contribution in [3.8, 4) is 0 Å². The second-order valence-corrected chi connectivity index (χ2v) is 9.75. The summed E-state index contributed by atoms with van der Waals surface area (Å²) in [7, 11) is 0. The van der Waals surface area contributed by atoms with Crippen LogP contribution in [0.4, 0.5) is 0 Å². The summed E-state index contributed by atoms with van der Waals surface area (Å²) in [6, 6.07) is 0. The van der Waals surface area contributed by atoms with E-state index in [2.05, 4.69) is 0 Å². The molecular formula is C22H38O4. The highest BCUT2D eigenvalue weighted by Gasteiger charge is 2.50. The fourth-order valence-electron chi connectivity index (χ4n) is 6.46. The summed E-state index contributed by atoms with van der Waals surface area (Å²) in [6.45, 7) is 0. The maximum atomic E-state index is 10.1. The van der Waals surface area contributed by atoms with E-state index in [1.807, 2.05) is 0 Å². The smallest absolute Gasteiger partial charge is 0.106 e. The zero-order valence-corrected chi connectivity index (χ0v) is 16.3. The minimum absolute atomic E-state index is 0.156. The number of hydrogen-bond acceptors (Lipinski definition) is 4. The maximum absolute atomic E-state index is 10.1. The van der Waals surface area contributed by atoms with Crippen LogP contribution < -0.4 is 0 Å². The molecule has 4 heteroatoms. The molecule has 0 bridgehead atoms. The summed E-state index contributed by atoms with van der Waals surface area (Å²) < 4.78 is 0. The third kappa shape index (κ3) is 3.85. The van der Waals surface area contributed by atoms with E-state index in [4.69, 9.17) is 9.78 Å². The Kier molecular flexibility index (Phi) is 5.95. The van der Waals surface area contributed by atoms with Crippen LogP contribution in [0.2, 0.25) is 0 Å². The minimum atomic E-state index is -0.183. The average Bonchev–Trinajstić information content (AvgIpc) is 3.31. The molecule has 4 atom stereocenters. The van der Waals surface area contributed by atoms with E-state index in [1.165, 1.54) is 38.5 Å². The maximum Gasteiger partial charge on any atom is 0.106 e. The van der Waals surface area contributed by atoms with Gasteiger partial charge in [-0.2, -0.15) is 0 Å². The van der Waals surface area contributed by atoms with Crippen molar-refractivity contribution in [1.29, 1.82) is 0 Å². The summed E-state index contributed by atoms with van der Waals surface area (Å²) in [4.78, 5) is 13.0. The molecule has 4 aliphatic carbocycles. The first-order chi connectivity index (χ1) is 12.6. The SMILES string of the molecule is OC1CCC(C2(OOC3(C4CCC(O)C4)CCCCC3)CCCCC2)C1. The van der Waals surface area contributed by atoms with Gasteiger partial charge in [0.25, 0.3) is 0 Å². The van der Waals surface area contributed by atoms with Gasteiger partial charge in [0.15, 0.2) is 0 Å². The molecule has 0 radical (unpaired) electrons. The highest BCUT2D eigenvalue weighted by molar-refractivity contribution is 4.97. The van der Waals surface area contributed by atoms with E-state index < -0.39 is 0 Å². The van der Waals surface area contributed by atoms with Crippen LogP contribution in [0.15, 0.2) is 0 Å². The molecule has 4 nitrogen and oxygen atoms in total. The molecule has 4 aliphatic rings. The molecule has 0 heterocycles. The predicted molar refractivity (Wildman–Crippen MR) is 100 cm³/mol. The number of rotatable bonds is 5. The van der Waals surface area contributed by atoms with E-state index >= 15 is 0 Å². The highest BCUT2D eigenvalue weighted by atomic mass is 17.2. The summed E-state index contributed by atoms with van der Waals surface area (Å²) >= 11 is 0. The van der Waals surface area contributed by atoms with Gasteiger partial charge in [-0.1, -0.05) is 38.5 Å². The largest absolute Gasteiger partial charge is 0.393 e. The first kappa shape index (κ1) is 19.2. The molecular weight excluding hydrogens is 328 g/mol. The first-order valence-electron chi connectivity index (χ1n) is 11.3. The van der Waals surface area contributed by atoms with Crippen LogP contribution in [0, 0.1) is 11.8 Å². The third-order valence-corrected chi connectivity index (χ3v) is 8.07. The molecule has 0 aromatic heterocycles. The fourth-order valence-corrected chi connectivity index (χ4v) is 6.46. The van der Waals surface area contributed by atoms with Crippen LogP contribution in [0.3, 0.4) is 0 Å². The van der Waals surface area contributed by atoms with Gasteiger partial charge >= 0.3 is 0 Å². The van der Waals surface area contributed by atoms with E-state index in [0.717, 1.165) is 64.2 Å². The Morgan fingerprint density at radius 1 is 0.538 bits per heavy atom. The van der Waals surface area contributed by atoms with Gasteiger partial charge in [0.2, 0.25) is 0 Å². The molecule has 2 N–H and O–H groups in total. The van der Waals surface area contributed by atoms with Crippen molar-refractivity contribution in [2.75, 3.05) is 0 Å². The van der Waals surface area contributed by atoms with Crippen LogP contribution in [0.5, 0.6) is 0 Å². The lowest BCUT2D eigenvalue weighted by Crippen LogP contribution is -2.48. The van der Waals surface area contributed by atoms with Crippen LogP contribution >= 0.6 is 0 Å². The molecule has 0 spiro atoms. The van der Waals surface area contributed by atoms with Gasteiger partial charge < -0.3 is 10.2 Å². The lowest BCUT2D eigenvalue weighted by Gasteiger charge is -2.46. The molecule has 0 saturated heterocycles. The lowest BCUT2D eigenvalue weighted by atomic mass is 9.74. The predicted octanol–water partition coefficient (Wildman–Crippen LogP) is 4.66. The molecule has 0 aromatic rings. The Balaban J connectivity index is 1.49. The van der Waals surface area contributed by atoms with Crippen LogP contribution in [-0.4, -0.2) is 33.6 Å². The van der Waals surface area contributed by atoms with E-state index in [0.29, 0.717) is 11.8 Å². The van der Waals surface area contributed by atoms with Crippen molar-refractivity contribution in [3.63, 3.8) is 0 Å². The summed E-state index contributed by atoms with van der Waals surface area (Å²) in [5.74, 6) is 0.875. The quantitative estimate of drug-likeness (QED) is 0.549. The molecule has 4 fully saturated rings. The van der Waals surface area contributed by atoms with Crippen molar-refractivity contribution in [2.45, 2.75) is 126 Å². The lowest BCUT2D eigenvalue weighted by molar-refractivity contribution is -0.440. The molecule has 0 amide bonds. The molecule has 0 aliphatic heterocycles. The monoisotopic (exact) mass is 366 g/mol.